The molecule has 1 heterocycles. The molecule has 0 atom stereocenters. The summed E-state index contributed by atoms with van der Waals surface area (Å²) in [5, 5.41) is 2.39. The van der Waals surface area contributed by atoms with Gasteiger partial charge in [0.25, 0.3) is 0 Å². The van der Waals surface area contributed by atoms with Gasteiger partial charge < -0.3 is 9.47 Å². The summed E-state index contributed by atoms with van der Waals surface area (Å²) in [7, 11) is 0. The minimum Gasteiger partial charge on any atom is -0.309 e. The molecule has 0 aliphatic heterocycles. The van der Waals surface area contributed by atoms with E-state index in [1.165, 1.54) is 44.2 Å². The molecule has 0 N–H and O–H groups in total. The van der Waals surface area contributed by atoms with Crippen molar-refractivity contribution >= 4 is 38.9 Å². The lowest BCUT2D eigenvalue weighted by Crippen LogP contribution is -2.13. The van der Waals surface area contributed by atoms with Crippen LogP contribution in [-0.4, -0.2) is 4.57 Å². The van der Waals surface area contributed by atoms with Crippen LogP contribution in [0.4, 0.5) is 17.1 Å². The van der Waals surface area contributed by atoms with Crippen molar-refractivity contribution in [3.63, 3.8) is 0 Å². The third-order valence-corrected chi connectivity index (χ3v) is 10.8. The summed E-state index contributed by atoms with van der Waals surface area (Å²) in [4.78, 5) is 2.50. The van der Waals surface area contributed by atoms with Gasteiger partial charge in [-0.15, -0.1) is 0 Å². The molecular weight excluding hydrogens is 677 g/mol. The molecule has 9 aromatic carbocycles. The molecule has 0 bridgehead atoms. The van der Waals surface area contributed by atoms with Gasteiger partial charge in [0.05, 0.1) is 33.8 Å². The van der Waals surface area contributed by atoms with Crippen LogP contribution in [-0.2, 0) is 0 Å². The van der Waals surface area contributed by atoms with Crippen molar-refractivity contribution in [2.45, 2.75) is 0 Å². The van der Waals surface area contributed by atoms with Gasteiger partial charge in [-0.25, -0.2) is 0 Å². The Morgan fingerprint density at radius 2 is 0.696 bits per heavy atom. The maximum Gasteiger partial charge on any atom is 0.0562 e. The fourth-order valence-electron chi connectivity index (χ4n) is 8.38. The monoisotopic (exact) mass is 714 g/mol. The second kappa shape index (κ2) is 14.4. The lowest BCUT2D eigenvalue weighted by Gasteiger charge is -2.31. The SMILES string of the molecule is c1ccc(-c2ccccc2-c2ccccc2N(c2ccccc2-c2ccccc2)c2cccc3c2c2ccccc2n3-c2ccccc2-c2ccccc2)cc1. The minimum atomic E-state index is 1.10. The van der Waals surface area contributed by atoms with E-state index in [-0.39, 0.29) is 0 Å². The van der Waals surface area contributed by atoms with E-state index in [2.05, 4.69) is 240 Å². The minimum absolute atomic E-state index is 1.10. The first-order valence-electron chi connectivity index (χ1n) is 19.2. The van der Waals surface area contributed by atoms with E-state index in [4.69, 9.17) is 0 Å². The number of hydrogen-bond acceptors (Lipinski definition) is 1. The van der Waals surface area contributed by atoms with Crippen molar-refractivity contribution in [1.29, 1.82) is 0 Å². The zero-order valence-corrected chi connectivity index (χ0v) is 30.8. The van der Waals surface area contributed by atoms with Crippen molar-refractivity contribution in [2.75, 3.05) is 4.90 Å². The lowest BCUT2D eigenvalue weighted by atomic mass is 9.92. The summed E-state index contributed by atoms with van der Waals surface area (Å²) in [6, 6.07) is 83.1. The molecule has 0 fully saturated rings. The van der Waals surface area contributed by atoms with Gasteiger partial charge in [-0.05, 0) is 64.2 Å². The van der Waals surface area contributed by atoms with Gasteiger partial charge in [0.2, 0.25) is 0 Å². The lowest BCUT2D eigenvalue weighted by molar-refractivity contribution is 1.18. The van der Waals surface area contributed by atoms with Crippen LogP contribution >= 0.6 is 0 Å². The van der Waals surface area contributed by atoms with E-state index < -0.39 is 0 Å². The molecule has 0 aliphatic rings. The van der Waals surface area contributed by atoms with Gasteiger partial charge in [-0.3, -0.25) is 0 Å². The van der Waals surface area contributed by atoms with Gasteiger partial charge in [0.1, 0.15) is 0 Å². The Bertz CT molecular complexity index is 2960. The summed E-state index contributed by atoms with van der Waals surface area (Å²) < 4.78 is 2.45. The fourth-order valence-corrected chi connectivity index (χ4v) is 8.38. The third-order valence-electron chi connectivity index (χ3n) is 10.8. The molecule has 10 aromatic rings. The molecule has 0 saturated carbocycles. The molecule has 0 radical (unpaired) electrons. The zero-order valence-electron chi connectivity index (χ0n) is 30.8. The molecule has 56 heavy (non-hydrogen) atoms. The maximum absolute atomic E-state index is 2.50. The predicted molar refractivity (Wildman–Crippen MR) is 237 cm³/mol. The van der Waals surface area contributed by atoms with Gasteiger partial charge in [0, 0.05) is 27.5 Å². The molecule has 2 nitrogen and oxygen atoms in total. The van der Waals surface area contributed by atoms with Crippen LogP contribution in [0.3, 0.4) is 0 Å². The molecule has 0 saturated heterocycles. The Morgan fingerprint density at radius 1 is 0.268 bits per heavy atom. The van der Waals surface area contributed by atoms with Crippen molar-refractivity contribution in [2.24, 2.45) is 0 Å². The van der Waals surface area contributed by atoms with Crippen LogP contribution in [0.25, 0.3) is 72.0 Å². The number of fused-ring (bicyclic) bond motifs is 3. The number of benzene rings is 9. The van der Waals surface area contributed by atoms with Crippen LogP contribution in [0, 0.1) is 0 Å². The average Bonchev–Trinajstić information content (AvgIpc) is 3.63. The number of anilines is 3. The van der Waals surface area contributed by atoms with E-state index in [1.54, 1.807) is 0 Å². The Kier molecular flexibility index (Phi) is 8.55. The third kappa shape index (κ3) is 5.76. The zero-order chi connectivity index (χ0) is 37.3. The quantitative estimate of drug-likeness (QED) is 0.152. The highest BCUT2D eigenvalue weighted by atomic mass is 15.2. The molecule has 0 aliphatic carbocycles. The standard InChI is InChI=1S/C54H38N2/c1-4-21-39(22-5-1)42-27-10-11-30-45(42)46-31-14-18-35-50(46)55(48-33-16-12-28-43(48)40-23-6-2-7-24-40)52-37-20-38-53-54(52)47-32-15-19-36-51(47)56(53)49-34-17-13-29-44(49)41-25-8-3-9-26-41/h1-38H. The number of aromatic nitrogens is 1. The smallest absolute Gasteiger partial charge is 0.0562 e. The van der Waals surface area contributed by atoms with Gasteiger partial charge in [-0.1, -0.05) is 194 Å². The summed E-state index contributed by atoms with van der Waals surface area (Å²) in [5.41, 5.74) is 16.2. The van der Waals surface area contributed by atoms with Gasteiger partial charge in [0.15, 0.2) is 0 Å². The highest BCUT2D eigenvalue weighted by molar-refractivity contribution is 6.17. The molecular formula is C54H38N2. The molecule has 0 amide bonds. The first-order valence-corrected chi connectivity index (χ1v) is 19.2. The fraction of sp³-hybridized carbons (Fsp3) is 0. The van der Waals surface area contributed by atoms with E-state index in [1.807, 2.05) is 0 Å². The summed E-state index contributed by atoms with van der Waals surface area (Å²) >= 11 is 0. The topological polar surface area (TPSA) is 8.17 Å². The molecule has 2 heteroatoms. The first kappa shape index (κ1) is 33.2. The molecule has 1 aromatic heterocycles. The van der Waals surface area contributed by atoms with Crippen molar-refractivity contribution in [3.05, 3.63) is 231 Å². The van der Waals surface area contributed by atoms with E-state index in [9.17, 15) is 0 Å². The van der Waals surface area contributed by atoms with E-state index in [0.717, 1.165) is 44.9 Å². The second-order valence-corrected chi connectivity index (χ2v) is 14.1. The normalized spacial score (nSPS) is 11.2. The largest absolute Gasteiger partial charge is 0.309 e. The molecule has 0 unspecified atom stereocenters. The highest BCUT2D eigenvalue weighted by Crippen LogP contribution is 2.50. The number of para-hydroxylation sites is 4. The molecule has 10 rings (SSSR count). The average molecular weight is 715 g/mol. The van der Waals surface area contributed by atoms with Gasteiger partial charge in [-0.2, -0.15) is 0 Å². The highest BCUT2D eigenvalue weighted by Gasteiger charge is 2.26. The van der Waals surface area contributed by atoms with Crippen LogP contribution in [0.15, 0.2) is 231 Å². The maximum atomic E-state index is 2.50. The number of hydrogen-bond donors (Lipinski definition) is 0. The predicted octanol–water partition coefficient (Wildman–Crippen LogP) is 14.9. The Morgan fingerprint density at radius 3 is 1.38 bits per heavy atom. The van der Waals surface area contributed by atoms with Crippen molar-refractivity contribution < 1.29 is 0 Å². The van der Waals surface area contributed by atoms with Crippen LogP contribution in [0.1, 0.15) is 0 Å². The molecule has 0 spiro atoms. The first-order chi connectivity index (χ1) is 27.8. The van der Waals surface area contributed by atoms with Crippen LogP contribution in [0.5, 0.6) is 0 Å². The van der Waals surface area contributed by atoms with E-state index >= 15 is 0 Å². The van der Waals surface area contributed by atoms with Crippen molar-refractivity contribution in [3.8, 4) is 50.2 Å². The Hall–Kier alpha value is -7.42. The Labute approximate surface area is 327 Å². The summed E-state index contributed by atoms with van der Waals surface area (Å²) in [5.74, 6) is 0. The Balaban J connectivity index is 1.30. The van der Waals surface area contributed by atoms with Crippen molar-refractivity contribution in [1.82, 2.24) is 4.57 Å². The van der Waals surface area contributed by atoms with Crippen LogP contribution < -0.4 is 4.90 Å². The van der Waals surface area contributed by atoms with Crippen LogP contribution in [0.2, 0.25) is 0 Å². The number of nitrogens with zero attached hydrogens (tertiary/aromatic N) is 2. The number of rotatable bonds is 8. The van der Waals surface area contributed by atoms with Gasteiger partial charge >= 0.3 is 0 Å². The molecule has 264 valence electrons. The summed E-state index contributed by atoms with van der Waals surface area (Å²) in [6.07, 6.45) is 0. The summed E-state index contributed by atoms with van der Waals surface area (Å²) in [6.45, 7) is 0. The van der Waals surface area contributed by atoms with E-state index in [0.29, 0.717) is 0 Å². The second-order valence-electron chi connectivity index (χ2n) is 14.1.